The number of aromatic carboxylic acids is 1. The molecule has 7 heteroatoms. The second-order valence-electron chi connectivity index (χ2n) is 4.82. The van der Waals surface area contributed by atoms with E-state index in [2.05, 4.69) is 5.32 Å². The number of ether oxygens (including phenoxy) is 2. The van der Waals surface area contributed by atoms with Crippen molar-refractivity contribution >= 4 is 28.9 Å². The number of carbonyl (C=O) groups excluding carboxylic acids is 1. The Morgan fingerprint density at radius 3 is 2.57 bits per heavy atom. The van der Waals surface area contributed by atoms with Crippen molar-refractivity contribution in [1.29, 1.82) is 0 Å². The second kappa shape index (κ2) is 7.87. The van der Waals surface area contributed by atoms with Gasteiger partial charge in [0.05, 0.1) is 23.7 Å². The minimum atomic E-state index is -1.06. The highest BCUT2D eigenvalue weighted by molar-refractivity contribution is 7.12. The summed E-state index contributed by atoms with van der Waals surface area (Å²) in [6, 6.07) is 6.45. The molecule has 1 heterocycles. The second-order valence-corrected chi connectivity index (χ2v) is 5.73. The third kappa shape index (κ3) is 4.38. The third-order valence-electron chi connectivity index (χ3n) is 3.06. The standard InChI is InChI=1S/C16H17NO5S/c1-21-8-10-5-12(16(19)20)7-13(6-10)17-15(18)14-11(9-22-2)3-4-23-14/h3-7H,8-9H2,1-2H3,(H,17,18)(H,19,20). The molecule has 122 valence electrons. The van der Waals surface area contributed by atoms with Crippen LogP contribution in [0.1, 0.15) is 31.2 Å². The molecule has 0 atom stereocenters. The molecule has 0 bridgehead atoms. The zero-order chi connectivity index (χ0) is 16.8. The molecule has 0 radical (unpaired) electrons. The van der Waals surface area contributed by atoms with Crippen LogP contribution in [0.2, 0.25) is 0 Å². The topological polar surface area (TPSA) is 84.9 Å². The number of benzene rings is 1. The molecule has 0 aliphatic rings. The van der Waals surface area contributed by atoms with Crippen LogP contribution >= 0.6 is 11.3 Å². The van der Waals surface area contributed by atoms with Crippen LogP contribution in [0.4, 0.5) is 5.69 Å². The maximum absolute atomic E-state index is 12.4. The number of carbonyl (C=O) groups is 2. The normalized spacial score (nSPS) is 10.5. The molecule has 1 aromatic heterocycles. The van der Waals surface area contributed by atoms with Crippen LogP contribution in [0.15, 0.2) is 29.6 Å². The largest absolute Gasteiger partial charge is 0.478 e. The van der Waals surface area contributed by atoms with E-state index in [0.29, 0.717) is 22.7 Å². The lowest BCUT2D eigenvalue weighted by Crippen LogP contribution is -2.13. The van der Waals surface area contributed by atoms with Crippen molar-refractivity contribution < 1.29 is 24.2 Å². The van der Waals surface area contributed by atoms with Gasteiger partial charge in [-0.1, -0.05) is 0 Å². The molecule has 0 aliphatic heterocycles. The Bertz CT molecular complexity index is 710. The first-order valence-corrected chi connectivity index (χ1v) is 7.66. The number of anilines is 1. The van der Waals surface area contributed by atoms with Crippen molar-refractivity contribution in [2.75, 3.05) is 19.5 Å². The Morgan fingerprint density at radius 1 is 1.17 bits per heavy atom. The zero-order valence-electron chi connectivity index (χ0n) is 12.8. The Morgan fingerprint density at radius 2 is 1.91 bits per heavy atom. The first-order chi connectivity index (χ1) is 11.0. The van der Waals surface area contributed by atoms with E-state index in [-0.39, 0.29) is 18.1 Å². The van der Waals surface area contributed by atoms with E-state index in [1.54, 1.807) is 13.2 Å². The quantitative estimate of drug-likeness (QED) is 0.812. The lowest BCUT2D eigenvalue weighted by atomic mass is 10.1. The van der Waals surface area contributed by atoms with Gasteiger partial charge in [0.1, 0.15) is 0 Å². The molecule has 1 amide bonds. The van der Waals surface area contributed by atoms with Crippen LogP contribution in [-0.4, -0.2) is 31.2 Å². The fourth-order valence-electron chi connectivity index (χ4n) is 2.13. The molecule has 1 aromatic carbocycles. The van der Waals surface area contributed by atoms with Gasteiger partial charge in [-0.3, -0.25) is 4.79 Å². The summed E-state index contributed by atoms with van der Waals surface area (Å²) in [6.07, 6.45) is 0. The van der Waals surface area contributed by atoms with Crippen LogP contribution in [0.5, 0.6) is 0 Å². The SMILES string of the molecule is COCc1cc(NC(=O)c2sccc2COC)cc(C(=O)O)c1. The molecule has 0 fully saturated rings. The number of amides is 1. The number of carboxylic acid groups (broad SMARTS) is 1. The smallest absolute Gasteiger partial charge is 0.335 e. The number of hydrogen-bond acceptors (Lipinski definition) is 5. The van der Waals surface area contributed by atoms with E-state index in [9.17, 15) is 9.59 Å². The summed E-state index contributed by atoms with van der Waals surface area (Å²) >= 11 is 1.31. The first kappa shape index (κ1) is 17.1. The minimum Gasteiger partial charge on any atom is -0.478 e. The summed E-state index contributed by atoms with van der Waals surface area (Å²) in [5.41, 5.74) is 1.98. The van der Waals surface area contributed by atoms with Crippen molar-refractivity contribution in [3.05, 3.63) is 51.2 Å². The van der Waals surface area contributed by atoms with Crippen LogP contribution in [0.25, 0.3) is 0 Å². The van der Waals surface area contributed by atoms with Gasteiger partial charge in [-0.25, -0.2) is 4.79 Å². The molecule has 2 rings (SSSR count). The van der Waals surface area contributed by atoms with Crippen molar-refractivity contribution in [3.63, 3.8) is 0 Å². The molecule has 0 saturated heterocycles. The molecule has 0 spiro atoms. The monoisotopic (exact) mass is 335 g/mol. The van der Waals surface area contributed by atoms with Crippen LogP contribution < -0.4 is 5.32 Å². The van der Waals surface area contributed by atoms with E-state index in [0.717, 1.165) is 5.56 Å². The van der Waals surface area contributed by atoms with E-state index in [1.807, 2.05) is 11.4 Å². The van der Waals surface area contributed by atoms with E-state index >= 15 is 0 Å². The minimum absolute atomic E-state index is 0.0955. The summed E-state index contributed by atoms with van der Waals surface area (Å²) in [5.74, 6) is -1.35. The molecular weight excluding hydrogens is 318 g/mol. The van der Waals surface area contributed by atoms with Gasteiger partial charge in [0, 0.05) is 25.5 Å². The molecule has 2 N–H and O–H groups in total. The van der Waals surface area contributed by atoms with Crippen molar-refractivity contribution in [2.45, 2.75) is 13.2 Å². The fraction of sp³-hybridized carbons (Fsp3) is 0.250. The summed E-state index contributed by atoms with van der Waals surface area (Å²) in [5, 5.41) is 13.7. The maximum Gasteiger partial charge on any atom is 0.335 e. The van der Waals surface area contributed by atoms with Crippen molar-refractivity contribution in [1.82, 2.24) is 0 Å². The molecule has 2 aromatic rings. The predicted molar refractivity (Wildman–Crippen MR) is 87.1 cm³/mol. The van der Waals surface area contributed by atoms with Gasteiger partial charge in [-0.15, -0.1) is 11.3 Å². The number of nitrogens with one attached hydrogen (secondary N) is 1. The van der Waals surface area contributed by atoms with Crippen molar-refractivity contribution in [3.8, 4) is 0 Å². The van der Waals surface area contributed by atoms with Gasteiger partial charge in [0.2, 0.25) is 0 Å². The lowest BCUT2D eigenvalue weighted by Gasteiger charge is -2.09. The van der Waals surface area contributed by atoms with Gasteiger partial charge >= 0.3 is 5.97 Å². The van der Waals surface area contributed by atoms with Crippen molar-refractivity contribution in [2.24, 2.45) is 0 Å². The summed E-state index contributed by atoms with van der Waals surface area (Å²) in [4.78, 5) is 24.1. The average molecular weight is 335 g/mol. The van der Waals surface area contributed by atoms with Gasteiger partial charge in [0.25, 0.3) is 5.91 Å². The van der Waals surface area contributed by atoms with E-state index in [1.165, 1.54) is 30.6 Å². The number of carboxylic acids is 1. The number of hydrogen-bond donors (Lipinski definition) is 2. The number of thiophene rings is 1. The highest BCUT2D eigenvalue weighted by atomic mass is 32.1. The highest BCUT2D eigenvalue weighted by Crippen LogP contribution is 2.21. The predicted octanol–water partition coefficient (Wildman–Crippen LogP) is 2.99. The summed E-state index contributed by atoms with van der Waals surface area (Å²) < 4.78 is 10.1. The van der Waals surface area contributed by atoms with Gasteiger partial charge in [-0.2, -0.15) is 0 Å². The Kier molecular flexibility index (Phi) is 5.86. The molecule has 23 heavy (non-hydrogen) atoms. The van der Waals surface area contributed by atoms with Crippen LogP contribution in [0.3, 0.4) is 0 Å². The Labute approximate surface area is 137 Å². The third-order valence-corrected chi connectivity index (χ3v) is 4.02. The number of rotatable bonds is 7. The highest BCUT2D eigenvalue weighted by Gasteiger charge is 2.15. The Balaban J connectivity index is 2.25. The van der Waals surface area contributed by atoms with E-state index in [4.69, 9.17) is 14.6 Å². The lowest BCUT2D eigenvalue weighted by molar-refractivity contribution is 0.0696. The molecular formula is C16H17NO5S. The van der Waals surface area contributed by atoms with Gasteiger partial charge in [-0.05, 0) is 35.2 Å². The molecule has 0 saturated carbocycles. The maximum atomic E-state index is 12.4. The van der Waals surface area contributed by atoms with Crippen LogP contribution in [-0.2, 0) is 22.7 Å². The Hall–Kier alpha value is -2.22. The fourth-order valence-corrected chi connectivity index (χ4v) is 2.93. The van der Waals surface area contributed by atoms with Crippen LogP contribution in [0, 0.1) is 0 Å². The molecule has 0 unspecified atom stereocenters. The van der Waals surface area contributed by atoms with Gasteiger partial charge in [0.15, 0.2) is 0 Å². The summed E-state index contributed by atoms with van der Waals surface area (Å²) in [6.45, 7) is 0.605. The van der Waals surface area contributed by atoms with E-state index < -0.39 is 5.97 Å². The molecule has 0 aliphatic carbocycles. The molecule has 6 nitrogen and oxygen atoms in total. The average Bonchev–Trinajstić information content (AvgIpc) is 2.96. The first-order valence-electron chi connectivity index (χ1n) is 6.78. The zero-order valence-corrected chi connectivity index (χ0v) is 13.6. The van der Waals surface area contributed by atoms with Gasteiger partial charge < -0.3 is 19.9 Å². The number of methoxy groups -OCH3 is 2. The summed E-state index contributed by atoms with van der Waals surface area (Å²) in [7, 11) is 3.08.